The van der Waals surface area contributed by atoms with Crippen LogP contribution >= 0.6 is 22.9 Å². The summed E-state index contributed by atoms with van der Waals surface area (Å²) in [5.41, 5.74) is 2.98. The molecule has 3 aliphatic rings. The molecule has 40 heavy (non-hydrogen) atoms. The molecule has 0 saturated carbocycles. The molecule has 0 amide bonds. The number of thiophene rings is 1. The summed E-state index contributed by atoms with van der Waals surface area (Å²) in [6, 6.07) is 23.0. The summed E-state index contributed by atoms with van der Waals surface area (Å²) in [4.78, 5) is 46.5. The van der Waals surface area contributed by atoms with Gasteiger partial charge < -0.3 is 4.90 Å². The van der Waals surface area contributed by atoms with Gasteiger partial charge in [-0.15, -0.1) is 11.3 Å². The number of ketones is 3. The molecule has 0 bridgehead atoms. The number of fused-ring (bicyclic) bond motifs is 5. The van der Waals surface area contributed by atoms with E-state index in [1.165, 1.54) is 11.3 Å². The highest BCUT2D eigenvalue weighted by atomic mass is 35.5. The van der Waals surface area contributed by atoms with Gasteiger partial charge in [-0.3, -0.25) is 14.4 Å². The summed E-state index contributed by atoms with van der Waals surface area (Å²) in [6.45, 7) is 4.26. The predicted molar refractivity (Wildman–Crippen MR) is 160 cm³/mol. The van der Waals surface area contributed by atoms with Crippen molar-refractivity contribution in [3.05, 3.63) is 128 Å². The number of carbonyl (C=O) groups is 3. The Morgan fingerprint density at radius 2 is 1.62 bits per heavy atom. The van der Waals surface area contributed by atoms with E-state index in [1.54, 1.807) is 30.3 Å². The Morgan fingerprint density at radius 3 is 2.25 bits per heavy atom. The Kier molecular flexibility index (Phi) is 5.74. The molecule has 4 nitrogen and oxygen atoms in total. The van der Waals surface area contributed by atoms with Crippen LogP contribution < -0.4 is 4.90 Å². The van der Waals surface area contributed by atoms with Crippen molar-refractivity contribution in [1.82, 2.24) is 0 Å². The first-order chi connectivity index (χ1) is 19.3. The average molecular weight is 564 g/mol. The van der Waals surface area contributed by atoms with Crippen molar-refractivity contribution in [1.29, 1.82) is 0 Å². The second-order valence-corrected chi connectivity index (χ2v) is 12.5. The number of hydrogen-bond acceptors (Lipinski definition) is 5. The number of Topliss-reactive ketones (excluding diaryl/α,β-unsaturated/α-hetero) is 3. The van der Waals surface area contributed by atoms with Gasteiger partial charge in [-0.25, -0.2) is 0 Å². The van der Waals surface area contributed by atoms with Crippen molar-refractivity contribution in [3.8, 4) is 0 Å². The molecule has 0 unspecified atom stereocenters. The molecular formula is C34H26ClNO3S. The molecule has 0 radical (unpaired) electrons. The van der Waals surface area contributed by atoms with Crippen molar-refractivity contribution in [2.24, 2.45) is 5.41 Å². The third-order valence-electron chi connectivity index (χ3n) is 8.76. The third-order valence-corrected chi connectivity index (χ3v) is 9.88. The summed E-state index contributed by atoms with van der Waals surface area (Å²) in [6.07, 6.45) is 3.86. The first kappa shape index (κ1) is 25.2. The van der Waals surface area contributed by atoms with E-state index in [2.05, 4.69) is 26.0 Å². The minimum atomic E-state index is -1.49. The minimum Gasteiger partial charge on any atom is -0.352 e. The first-order valence-corrected chi connectivity index (χ1v) is 14.7. The molecule has 7 rings (SSSR count). The molecule has 0 N–H and O–H groups in total. The van der Waals surface area contributed by atoms with Crippen LogP contribution in [-0.4, -0.2) is 29.4 Å². The van der Waals surface area contributed by atoms with E-state index < -0.39 is 23.4 Å². The zero-order valence-corrected chi connectivity index (χ0v) is 23.6. The average Bonchev–Trinajstić information content (AvgIpc) is 3.66. The van der Waals surface area contributed by atoms with Crippen LogP contribution in [0.15, 0.2) is 90.3 Å². The lowest BCUT2D eigenvalue weighted by molar-refractivity contribution is 0.0666. The van der Waals surface area contributed by atoms with Crippen LogP contribution in [0.25, 0.3) is 6.08 Å². The maximum absolute atomic E-state index is 14.7. The Balaban J connectivity index is 1.54. The van der Waals surface area contributed by atoms with Crippen LogP contribution in [0.2, 0.25) is 5.02 Å². The lowest BCUT2D eigenvalue weighted by Gasteiger charge is -2.37. The molecule has 1 aliphatic carbocycles. The summed E-state index contributed by atoms with van der Waals surface area (Å²) >= 11 is 7.75. The van der Waals surface area contributed by atoms with Crippen LogP contribution in [-0.2, 0) is 0 Å². The highest BCUT2D eigenvalue weighted by Crippen LogP contribution is 2.61. The molecule has 1 spiro atoms. The quantitative estimate of drug-likeness (QED) is 0.187. The second-order valence-electron chi connectivity index (χ2n) is 11.1. The van der Waals surface area contributed by atoms with E-state index in [4.69, 9.17) is 11.6 Å². The predicted octanol–water partition coefficient (Wildman–Crippen LogP) is 7.84. The normalized spacial score (nSPS) is 22.1. The van der Waals surface area contributed by atoms with Crippen LogP contribution in [0.1, 0.15) is 72.8 Å². The van der Waals surface area contributed by atoms with Crippen LogP contribution in [0, 0.1) is 5.41 Å². The smallest absolute Gasteiger partial charge is 0.195 e. The minimum absolute atomic E-state index is 0.0948. The van der Waals surface area contributed by atoms with Crippen molar-refractivity contribution in [2.75, 3.05) is 4.90 Å². The number of anilines is 1. The van der Waals surface area contributed by atoms with E-state index in [9.17, 15) is 14.4 Å². The van der Waals surface area contributed by atoms with Gasteiger partial charge in [-0.2, -0.15) is 0 Å². The van der Waals surface area contributed by atoms with Gasteiger partial charge in [0, 0.05) is 27.8 Å². The molecule has 3 aromatic carbocycles. The number of hydrogen-bond donors (Lipinski definition) is 0. The van der Waals surface area contributed by atoms with Gasteiger partial charge in [0.1, 0.15) is 11.5 Å². The zero-order chi connectivity index (χ0) is 27.8. The van der Waals surface area contributed by atoms with Gasteiger partial charge in [-0.1, -0.05) is 92.2 Å². The summed E-state index contributed by atoms with van der Waals surface area (Å²) in [5, 5.41) is 2.46. The number of benzene rings is 3. The lowest BCUT2D eigenvalue weighted by Crippen LogP contribution is -2.48. The van der Waals surface area contributed by atoms with Gasteiger partial charge >= 0.3 is 0 Å². The molecule has 4 aromatic rings. The standard InChI is InChI=1S/C34H26ClNO3S/c1-19(2)20-9-11-21(12-10-20)29-30(31(37)27-8-5-17-40-27)36-26-15-14-23(35)18-22(26)13-16-28(36)34(29)32(38)24-6-3-4-7-25(24)33(34)39/h3-19,28-30H,1-2H3/t28-,29+,30+/m1/s1. The summed E-state index contributed by atoms with van der Waals surface area (Å²) in [7, 11) is 0. The largest absolute Gasteiger partial charge is 0.352 e. The molecule has 198 valence electrons. The SMILES string of the molecule is CC(C)c1ccc([C@H]2[C@@H](C(=O)c3cccs3)N3c4ccc(Cl)cc4C=C[C@@H]3C23C(=O)c2ccccc2C3=O)cc1. The Morgan fingerprint density at radius 1 is 0.925 bits per heavy atom. The van der Waals surface area contributed by atoms with E-state index in [0.29, 0.717) is 26.9 Å². The maximum atomic E-state index is 14.7. The van der Waals surface area contributed by atoms with Crippen molar-refractivity contribution in [2.45, 2.75) is 37.8 Å². The van der Waals surface area contributed by atoms with Crippen LogP contribution in [0.4, 0.5) is 5.69 Å². The molecule has 1 saturated heterocycles. The van der Waals surface area contributed by atoms with Gasteiger partial charge in [0.15, 0.2) is 17.3 Å². The van der Waals surface area contributed by atoms with Crippen LogP contribution in [0.5, 0.6) is 0 Å². The van der Waals surface area contributed by atoms with E-state index in [1.807, 2.05) is 58.8 Å². The first-order valence-electron chi connectivity index (χ1n) is 13.5. The summed E-state index contributed by atoms with van der Waals surface area (Å²) in [5.74, 6) is -0.913. The van der Waals surface area contributed by atoms with Crippen molar-refractivity contribution >= 4 is 52.1 Å². The topological polar surface area (TPSA) is 54.5 Å². The molecule has 1 aromatic heterocycles. The van der Waals surface area contributed by atoms with Gasteiger partial charge in [0.05, 0.1) is 10.9 Å². The van der Waals surface area contributed by atoms with Gasteiger partial charge in [-0.05, 0) is 52.3 Å². The molecule has 3 atom stereocenters. The fraction of sp³-hybridized carbons (Fsp3) is 0.206. The molecule has 3 heterocycles. The molecule has 6 heteroatoms. The monoisotopic (exact) mass is 563 g/mol. The molecule has 2 aliphatic heterocycles. The van der Waals surface area contributed by atoms with Gasteiger partial charge in [0.2, 0.25) is 0 Å². The van der Waals surface area contributed by atoms with E-state index in [-0.39, 0.29) is 17.3 Å². The highest BCUT2D eigenvalue weighted by molar-refractivity contribution is 7.12. The Labute approximate surface area is 241 Å². The van der Waals surface area contributed by atoms with Crippen LogP contribution in [0.3, 0.4) is 0 Å². The van der Waals surface area contributed by atoms with E-state index >= 15 is 0 Å². The number of halogens is 1. The van der Waals surface area contributed by atoms with E-state index in [0.717, 1.165) is 22.4 Å². The Hall–Kier alpha value is -3.80. The maximum Gasteiger partial charge on any atom is 0.195 e. The zero-order valence-electron chi connectivity index (χ0n) is 22.0. The van der Waals surface area contributed by atoms with Crippen molar-refractivity contribution in [3.63, 3.8) is 0 Å². The lowest BCUT2D eigenvalue weighted by atomic mass is 9.64. The Bertz CT molecular complexity index is 1690. The van der Waals surface area contributed by atoms with Crippen molar-refractivity contribution < 1.29 is 14.4 Å². The third kappa shape index (κ3) is 3.34. The number of rotatable bonds is 4. The molecule has 1 fully saturated rings. The fourth-order valence-electron chi connectivity index (χ4n) is 6.97. The number of carbonyl (C=O) groups excluding carboxylic acids is 3. The molecular weight excluding hydrogens is 538 g/mol. The highest BCUT2D eigenvalue weighted by Gasteiger charge is 2.71. The van der Waals surface area contributed by atoms with Gasteiger partial charge in [0.25, 0.3) is 0 Å². The second kappa shape index (κ2) is 9.12. The number of nitrogens with zero attached hydrogens (tertiary/aromatic N) is 1. The summed E-state index contributed by atoms with van der Waals surface area (Å²) < 4.78 is 0. The fourth-order valence-corrected chi connectivity index (χ4v) is 7.85.